The van der Waals surface area contributed by atoms with Crippen LogP contribution in [0.2, 0.25) is 5.02 Å². The summed E-state index contributed by atoms with van der Waals surface area (Å²) in [6.45, 7) is -0.168. The van der Waals surface area contributed by atoms with Crippen LogP contribution >= 0.6 is 19.4 Å². The van der Waals surface area contributed by atoms with E-state index in [0.717, 1.165) is 46.1 Å². The molecule has 1 aliphatic heterocycles. The number of unbranched alkanes of at least 4 members (excludes halogenated alkanes) is 1. The molecule has 1 saturated heterocycles. The summed E-state index contributed by atoms with van der Waals surface area (Å²) in [7, 11) is -2.88. The molecule has 6 rings (SSSR count). The highest BCUT2D eigenvalue weighted by Crippen LogP contribution is 2.45. The fraction of sp³-hybridized carbons (Fsp3) is 0.419. The SMILES string of the molecule is COc1ccc2nc3cc(Cl)ccc3c(NCCCCC(CO)COP(=O)(O)OC[C@H]3O[C@@H](n4cnc5c(N)ncnc54)C[C@@H]3O)c2c1. The maximum Gasteiger partial charge on any atom is 0.472 e. The minimum atomic E-state index is -4.50. The number of aromatic nitrogens is 5. The van der Waals surface area contributed by atoms with Gasteiger partial charge in [-0.3, -0.25) is 13.6 Å². The number of nitrogens with zero attached hydrogens (tertiary/aromatic N) is 5. The van der Waals surface area contributed by atoms with Crippen molar-refractivity contribution in [1.29, 1.82) is 0 Å². The Balaban J connectivity index is 0.972. The monoisotopic (exact) mass is 701 g/mol. The largest absolute Gasteiger partial charge is 0.497 e. The lowest BCUT2D eigenvalue weighted by atomic mass is 10.0. The molecule has 48 heavy (non-hydrogen) atoms. The summed E-state index contributed by atoms with van der Waals surface area (Å²) in [5.74, 6) is 0.551. The lowest BCUT2D eigenvalue weighted by Gasteiger charge is -2.20. The molecule has 0 radical (unpaired) electrons. The Morgan fingerprint density at radius 2 is 2.00 bits per heavy atom. The van der Waals surface area contributed by atoms with Gasteiger partial charge in [0.1, 0.15) is 29.9 Å². The van der Waals surface area contributed by atoms with Crippen LogP contribution in [0.1, 0.15) is 31.9 Å². The van der Waals surface area contributed by atoms with E-state index in [0.29, 0.717) is 29.2 Å². The van der Waals surface area contributed by atoms with Crippen LogP contribution < -0.4 is 15.8 Å². The van der Waals surface area contributed by atoms with Crippen LogP contribution in [0.4, 0.5) is 11.5 Å². The van der Waals surface area contributed by atoms with Gasteiger partial charge in [0.05, 0.1) is 49.5 Å². The predicted molar refractivity (Wildman–Crippen MR) is 180 cm³/mol. The summed E-state index contributed by atoms with van der Waals surface area (Å²) in [4.78, 5) is 27.4. The van der Waals surface area contributed by atoms with Gasteiger partial charge < -0.3 is 35.6 Å². The summed E-state index contributed by atoms with van der Waals surface area (Å²) in [5.41, 5.74) is 9.20. The summed E-state index contributed by atoms with van der Waals surface area (Å²) in [6, 6.07) is 11.3. The van der Waals surface area contributed by atoms with Crippen LogP contribution in [-0.2, 0) is 18.3 Å². The fourth-order valence-corrected chi connectivity index (χ4v) is 6.71. The quantitative estimate of drug-likeness (QED) is 0.0581. The Morgan fingerprint density at radius 1 is 1.15 bits per heavy atom. The fourth-order valence-electron chi connectivity index (χ4n) is 5.73. The number of aliphatic hydroxyl groups is 2. The predicted octanol–water partition coefficient (Wildman–Crippen LogP) is 4.44. The number of anilines is 2. The molecule has 15 nitrogen and oxygen atoms in total. The van der Waals surface area contributed by atoms with Crippen LogP contribution in [0.25, 0.3) is 33.0 Å². The molecular weight excluding hydrogens is 665 g/mol. The van der Waals surface area contributed by atoms with Gasteiger partial charge in [0.25, 0.3) is 0 Å². The molecule has 5 atom stereocenters. The van der Waals surface area contributed by atoms with Gasteiger partial charge in [-0.2, -0.15) is 0 Å². The highest BCUT2D eigenvalue weighted by Gasteiger charge is 2.38. The van der Waals surface area contributed by atoms with Gasteiger partial charge in [-0.15, -0.1) is 0 Å². The lowest BCUT2D eigenvalue weighted by molar-refractivity contribution is -0.0445. The average Bonchev–Trinajstić information content (AvgIpc) is 3.68. The number of pyridine rings is 1. The zero-order valence-corrected chi connectivity index (χ0v) is 27.8. The number of halogens is 1. The second-order valence-corrected chi connectivity index (χ2v) is 13.5. The van der Waals surface area contributed by atoms with Crippen LogP contribution in [0, 0.1) is 5.92 Å². The minimum Gasteiger partial charge on any atom is -0.497 e. The topological polar surface area (TPSA) is 209 Å². The Morgan fingerprint density at radius 3 is 2.81 bits per heavy atom. The van der Waals surface area contributed by atoms with Gasteiger partial charge in [0.15, 0.2) is 11.5 Å². The highest BCUT2D eigenvalue weighted by atomic mass is 35.5. The average molecular weight is 702 g/mol. The smallest absolute Gasteiger partial charge is 0.472 e. The Labute approximate surface area is 280 Å². The molecule has 6 N–H and O–H groups in total. The normalized spacial score (nSPS) is 20.0. The first-order chi connectivity index (χ1) is 23.2. The molecule has 256 valence electrons. The van der Waals surface area contributed by atoms with Crippen molar-refractivity contribution in [3.05, 3.63) is 54.1 Å². The molecule has 2 unspecified atom stereocenters. The Bertz CT molecular complexity index is 1950. The lowest BCUT2D eigenvalue weighted by Crippen LogP contribution is -2.26. The van der Waals surface area contributed by atoms with E-state index in [1.807, 2.05) is 36.4 Å². The van der Waals surface area contributed by atoms with Gasteiger partial charge in [-0.05, 0) is 49.2 Å². The molecule has 0 amide bonds. The Hall–Kier alpha value is -3.66. The van der Waals surface area contributed by atoms with E-state index in [4.69, 9.17) is 40.8 Å². The highest BCUT2D eigenvalue weighted by molar-refractivity contribution is 7.47. The van der Waals surface area contributed by atoms with Gasteiger partial charge in [0, 0.05) is 41.3 Å². The first kappa shape index (κ1) is 34.2. The number of hydrogen-bond acceptors (Lipinski definition) is 13. The van der Waals surface area contributed by atoms with Crippen molar-refractivity contribution in [1.82, 2.24) is 24.5 Å². The van der Waals surface area contributed by atoms with E-state index in [1.165, 1.54) is 12.7 Å². The van der Waals surface area contributed by atoms with Gasteiger partial charge >= 0.3 is 7.82 Å². The summed E-state index contributed by atoms with van der Waals surface area (Å²) < 4.78 is 35.9. The van der Waals surface area contributed by atoms with Crippen LogP contribution in [-0.4, -0.2) is 85.3 Å². The van der Waals surface area contributed by atoms with E-state index in [9.17, 15) is 19.7 Å². The second kappa shape index (κ2) is 14.8. The van der Waals surface area contributed by atoms with E-state index < -0.39 is 26.3 Å². The summed E-state index contributed by atoms with van der Waals surface area (Å²) in [6.07, 6.45) is 2.48. The zero-order valence-electron chi connectivity index (χ0n) is 26.1. The number of aliphatic hydroxyl groups excluding tert-OH is 2. The summed E-state index contributed by atoms with van der Waals surface area (Å²) >= 11 is 6.23. The zero-order chi connectivity index (χ0) is 33.8. The first-order valence-corrected chi connectivity index (χ1v) is 17.3. The number of imidazole rings is 1. The maximum atomic E-state index is 12.6. The number of nitrogens with one attached hydrogen (secondary N) is 1. The number of rotatable bonds is 15. The van der Waals surface area contributed by atoms with Crippen molar-refractivity contribution in [2.75, 3.05) is 44.5 Å². The van der Waals surface area contributed by atoms with Crippen LogP contribution in [0.3, 0.4) is 0 Å². The van der Waals surface area contributed by atoms with E-state index in [2.05, 4.69) is 20.3 Å². The standard InChI is InChI=1S/C31H37ClN7O8P/c1-44-20-6-8-23-22(11-20)28(21-7-5-19(32)10-24(21)38-23)34-9-3-2-4-18(13-40)14-45-48(42,43)46-15-26-25(41)12-27(47-26)39-17-37-29-30(33)35-16-36-31(29)39/h5-8,10-11,16-18,25-27,40-41H,2-4,9,12-15H2,1H3,(H,34,38)(H,42,43)(H2,33,35,36)/t18?,25-,26+,27+/m0/s1. The van der Waals surface area contributed by atoms with E-state index in [-0.39, 0.29) is 38.0 Å². The number of methoxy groups -OCH3 is 1. The molecule has 0 bridgehead atoms. The first-order valence-electron chi connectivity index (χ1n) is 15.5. The van der Waals surface area contributed by atoms with Crippen molar-refractivity contribution in [2.45, 2.75) is 44.1 Å². The molecule has 5 aromatic rings. The number of benzene rings is 2. The molecule has 0 spiro atoms. The molecule has 3 aromatic heterocycles. The van der Waals surface area contributed by atoms with E-state index in [1.54, 1.807) is 11.7 Å². The van der Waals surface area contributed by atoms with E-state index >= 15 is 0 Å². The number of ether oxygens (including phenoxy) is 2. The van der Waals surface area contributed by atoms with Crippen molar-refractivity contribution >= 4 is 63.9 Å². The van der Waals surface area contributed by atoms with Crippen molar-refractivity contribution in [2.24, 2.45) is 5.92 Å². The van der Waals surface area contributed by atoms with Gasteiger partial charge in [0.2, 0.25) is 0 Å². The number of hydrogen-bond donors (Lipinski definition) is 5. The van der Waals surface area contributed by atoms with Crippen LogP contribution in [0.15, 0.2) is 49.1 Å². The molecule has 0 saturated carbocycles. The molecular formula is C31H37ClN7O8P. The number of phosphoric ester groups is 1. The van der Waals surface area contributed by atoms with Crippen molar-refractivity contribution in [3.8, 4) is 5.75 Å². The third-order valence-corrected chi connectivity index (χ3v) is 9.50. The second-order valence-electron chi connectivity index (χ2n) is 11.6. The Kier molecular flexibility index (Phi) is 10.6. The molecule has 4 heterocycles. The summed E-state index contributed by atoms with van der Waals surface area (Å²) in [5, 5.41) is 26.4. The maximum absolute atomic E-state index is 12.6. The molecule has 0 aliphatic carbocycles. The van der Waals surface area contributed by atoms with Crippen molar-refractivity contribution < 1.29 is 38.2 Å². The molecule has 1 fully saturated rings. The third-order valence-electron chi connectivity index (χ3n) is 8.32. The molecule has 1 aliphatic rings. The third kappa shape index (κ3) is 7.64. The van der Waals surface area contributed by atoms with Gasteiger partial charge in [-0.1, -0.05) is 18.0 Å². The van der Waals surface area contributed by atoms with Gasteiger partial charge in [-0.25, -0.2) is 24.5 Å². The van der Waals surface area contributed by atoms with Crippen molar-refractivity contribution in [3.63, 3.8) is 0 Å². The minimum absolute atomic E-state index is 0.178. The number of fused-ring (bicyclic) bond motifs is 3. The van der Waals surface area contributed by atoms with Crippen LogP contribution in [0.5, 0.6) is 5.75 Å². The number of nitrogen functional groups attached to an aromatic ring is 1. The molecule has 2 aromatic carbocycles. The number of phosphoric acid groups is 1. The molecule has 17 heteroatoms. The number of nitrogens with two attached hydrogens (primary N) is 1.